The SMILES string of the molecule is Cc1c2c(nc3ccccc13)CCC(C(C)(C)C)C2.[Cl-]. The molecule has 20 heavy (non-hydrogen) atoms. The average molecular weight is 289 g/mol. The van der Waals surface area contributed by atoms with Crippen LogP contribution in [0.25, 0.3) is 10.9 Å². The van der Waals surface area contributed by atoms with Crippen LogP contribution < -0.4 is 12.4 Å². The monoisotopic (exact) mass is 288 g/mol. The lowest BCUT2D eigenvalue weighted by Crippen LogP contribution is -3.00. The number of halogens is 1. The van der Waals surface area contributed by atoms with Crippen LogP contribution in [0.5, 0.6) is 0 Å². The lowest BCUT2D eigenvalue weighted by Gasteiger charge is -2.35. The summed E-state index contributed by atoms with van der Waals surface area (Å²) < 4.78 is 0. The summed E-state index contributed by atoms with van der Waals surface area (Å²) in [6, 6.07) is 8.55. The van der Waals surface area contributed by atoms with Gasteiger partial charge in [0.25, 0.3) is 0 Å². The summed E-state index contributed by atoms with van der Waals surface area (Å²) in [6.45, 7) is 9.37. The van der Waals surface area contributed by atoms with Gasteiger partial charge in [-0.15, -0.1) is 0 Å². The number of fused-ring (bicyclic) bond motifs is 2. The Hall–Kier alpha value is -1.08. The highest BCUT2D eigenvalue weighted by Gasteiger charge is 2.30. The standard InChI is InChI=1S/C18H23N.ClH/c1-12-14-7-5-6-8-16(14)19-17-10-9-13(11-15(12)17)18(2,3)4;/h5-8,13H,9-11H2,1-4H3;1H/p-1. The highest BCUT2D eigenvalue weighted by molar-refractivity contribution is 5.83. The quantitative estimate of drug-likeness (QED) is 0.719. The predicted octanol–water partition coefficient (Wildman–Crippen LogP) is 1.70. The normalized spacial score (nSPS) is 18.5. The minimum atomic E-state index is 0. The van der Waals surface area contributed by atoms with Crippen molar-refractivity contribution >= 4 is 10.9 Å². The summed E-state index contributed by atoms with van der Waals surface area (Å²) >= 11 is 0. The summed E-state index contributed by atoms with van der Waals surface area (Å²) in [5.74, 6) is 0.779. The van der Waals surface area contributed by atoms with Crippen molar-refractivity contribution in [2.45, 2.75) is 47.0 Å². The molecular formula is C18H23ClN-. The van der Waals surface area contributed by atoms with Crippen molar-refractivity contribution in [3.8, 4) is 0 Å². The molecule has 0 saturated carbocycles. The lowest BCUT2D eigenvalue weighted by atomic mass is 9.71. The first-order valence-corrected chi connectivity index (χ1v) is 7.34. The Labute approximate surface area is 128 Å². The molecule has 2 aromatic rings. The second-order valence-electron chi connectivity index (χ2n) is 6.98. The van der Waals surface area contributed by atoms with Crippen LogP contribution in [0, 0.1) is 18.3 Å². The van der Waals surface area contributed by atoms with Crippen molar-refractivity contribution in [1.82, 2.24) is 4.98 Å². The first-order valence-electron chi connectivity index (χ1n) is 7.34. The fraction of sp³-hybridized carbons (Fsp3) is 0.500. The highest BCUT2D eigenvalue weighted by atomic mass is 35.5. The molecular weight excluding hydrogens is 266 g/mol. The molecule has 1 aliphatic carbocycles. The van der Waals surface area contributed by atoms with Gasteiger partial charge in [-0.3, -0.25) is 4.98 Å². The number of benzene rings is 1. The van der Waals surface area contributed by atoms with E-state index in [1.165, 1.54) is 35.0 Å². The van der Waals surface area contributed by atoms with Crippen molar-refractivity contribution in [2.75, 3.05) is 0 Å². The first-order chi connectivity index (χ1) is 8.97. The van der Waals surface area contributed by atoms with Gasteiger partial charge < -0.3 is 12.4 Å². The second-order valence-corrected chi connectivity index (χ2v) is 6.98. The van der Waals surface area contributed by atoms with Crippen LogP contribution in [0.15, 0.2) is 24.3 Å². The van der Waals surface area contributed by atoms with E-state index in [0.29, 0.717) is 5.41 Å². The summed E-state index contributed by atoms with van der Waals surface area (Å²) in [4.78, 5) is 4.89. The topological polar surface area (TPSA) is 12.9 Å². The summed E-state index contributed by atoms with van der Waals surface area (Å²) in [6.07, 6.45) is 3.62. The third-order valence-corrected chi connectivity index (χ3v) is 4.77. The molecule has 1 atom stereocenters. The number of aromatic nitrogens is 1. The van der Waals surface area contributed by atoms with Crippen LogP contribution in [-0.4, -0.2) is 4.98 Å². The Morgan fingerprint density at radius 2 is 1.85 bits per heavy atom. The summed E-state index contributed by atoms with van der Waals surface area (Å²) in [5.41, 5.74) is 5.87. The van der Waals surface area contributed by atoms with Gasteiger partial charge in [0.2, 0.25) is 0 Å². The highest BCUT2D eigenvalue weighted by Crippen LogP contribution is 2.39. The number of hydrogen-bond acceptors (Lipinski definition) is 1. The van der Waals surface area contributed by atoms with Crippen molar-refractivity contribution in [3.63, 3.8) is 0 Å². The molecule has 0 fully saturated rings. The number of para-hydroxylation sites is 1. The number of hydrogen-bond donors (Lipinski definition) is 0. The maximum atomic E-state index is 4.89. The fourth-order valence-electron chi connectivity index (χ4n) is 3.36. The zero-order chi connectivity index (χ0) is 13.6. The molecule has 0 amide bonds. The molecule has 108 valence electrons. The van der Waals surface area contributed by atoms with E-state index in [4.69, 9.17) is 4.98 Å². The molecule has 1 aliphatic rings. The molecule has 1 aromatic heterocycles. The molecule has 1 nitrogen and oxygen atoms in total. The van der Waals surface area contributed by atoms with Gasteiger partial charge in [-0.1, -0.05) is 39.0 Å². The molecule has 0 saturated heterocycles. The van der Waals surface area contributed by atoms with E-state index in [9.17, 15) is 0 Å². The molecule has 1 unspecified atom stereocenters. The van der Waals surface area contributed by atoms with Crippen molar-refractivity contribution in [3.05, 3.63) is 41.1 Å². The van der Waals surface area contributed by atoms with Gasteiger partial charge in [0.1, 0.15) is 0 Å². The van der Waals surface area contributed by atoms with Gasteiger partial charge in [-0.2, -0.15) is 0 Å². The van der Waals surface area contributed by atoms with Gasteiger partial charge in [0.05, 0.1) is 5.52 Å². The third kappa shape index (κ3) is 2.56. The number of nitrogens with zero attached hydrogens (tertiary/aromatic N) is 1. The van der Waals surface area contributed by atoms with Crippen LogP contribution in [0.3, 0.4) is 0 Å². The van der Waals surface area contributed by atoms with Crippen LogP contribution in [0.4, 0.5) is 0 Å². The van der Waals surface area contributed by atoms with Crippen LogP contribution in [-0.2, 0) is 12.8 Å². The Balaban J connectivity index is 0.00000147. The Kier molecular flexibility index (Phi) is 4.11. The molecule has 1 aromatic carbocycles. The minimum Gasteiger partial charge on any atom is -1.00 e. The minimum absolute atomic E-state index is 0. The van der Waals surface area contributed by atoms with E-state index in [1.807, 2.05) is 0 Å². The lowest BCUT2D eigenvalue weighted by molar-refractivity contribution is -0.00000467. The largest absolute Gasteiger partial charge is 1.00 e. The number of aryl methyl sites for hydroxylation is 2. The Bertz CT molecular complexity index is 625. The van der Waals surface area contributed by atoms with E-state index in [0.717, 1.165) is 17.9 Å². The number of rotatable bonds is 0. The summed E-state index contributed by atoms with van der Waals surface area (Å²) in [5, 5.41) is 1.33. The van der Waals surface area contributed by atoms with Crippen LogP contribution >= 0.6 is 0 Å². The average Bonchev–Trinajstić information content (AvgIpc) is 2.37. The van der Waals surface area contributed by atoms with Gasteiger partial charge >= 0.3 is 0 Å². The molecule has 0 radical (unpaired) electrons. The van der Waals surface area contributed by atoms with Crippen molar-refractivity contribution < 1.29 is 12.4 Å². The van der Waals surface area contributed by atoms with Crippen LogP contribution in [0.2, 0.25) is 0 Å². The fourth-order valence-corrected chi connectivity index (χ4v) is 3.36. The Morgan fingerprint density at radius 1 is 1.15 bits per heavy atom. The zero-order valence-corrected chi connectivity index (χ0v) is 13.6. The molecule has 3 rings (SSSR count). The van der Waals surface area contributed by atoms with Crippen molar-refractivity contribution in [2.24, 2.45) is 11.3 Å². The van der Waals surface area contributed by atoms with E-state index in [-0.39, 0.29) is 12.4 Å². The maximum absolute atomic E-state index is 4.89. The van der Waals surface area contributed by atoms with Crippen molar-refractivity contribution in [1.29, 1.82) is 0 Å². The van der Waals surface area contributed by atoms with Gasteiger partial charge in [-0.05, 0) is 54.7 Å². The summed E-state index contributed by atoms with van der Waals surface area (Å²) in [7, 11) is 0. The molecule has 0 bridgehead atoms. The molecule has 0 N–H and O–H groups in total. The van der Waals surface area contributed by atoms with E-state index in [2.05, 4.69) is 52.0 Å². The zero-order valence-electron chi connectivity index (χ0n) is 12.8. The van der Waals surface area contributed by atoms with E-state index < -0.39 is 0 Å². The predicted molar refractivity (Wildman–Crippen MR) is 81.5 cm³/mol. The van der Waals surface area contributed by atoms with E-state index in [1.54, 1.807) is 0 Å². The van der Waals surface area contributed by atoms with Crippen LogP contribution in [0.1, 0.15) is 44.0 Å². The maximum Gasteiger partial charge on any atom is 0.0708 e. The molecule has 1 heterocycles. The van der Waals surface area contributed by atoms with Gasteiger partial charge in [0, 0.05) is 11.1 Å². The Morgan fingerprint density at radius 3 is 2.55 bits per heavy atom. The first kappa shape index (κ1) is 15.3. The number of pyridine rings is 1. The molecule has 2 heteroatoms. The molecule has 0 spiro atoms. The second kappa shape index (κ2) is 5.37. The van der Waals surface area contributed by atoms with E-state index >= 15 is 0 Å². The van der Waals surface area contributed by atoms with Gasteiger partial charge in [0.15, 0.2) is 0 Å². The van der Waals surface area contributed by atoms with Gasteiger partial charge in [-0.25, -0.2) is 0 Å². The smallest absolute Gasteiger partial charge is 0.0708 e. The molecule has 0 aliphatic heterocycles. The third-order valence-electron chi connectivity index (χ3n) is 4.77.